The summed E-state index contributed by atoms with van der Waals surface area (Å²) < 4.78 is 24.4. The van der Waals surface area contributed by atoms with E-state index in [2.05, 4.69) is 4.90 Å². The molecule has 2 atom stereocenters. The van der Waals surface area contributed by atoms with E-state index in [0.29, 0.717) is 12.1 Å². The number of hydrogen-bond acceptors (Lipinski definition) is 3. The van der Waals surface area contributed by atoms with Crippen molar-refractivity contribution in [2.45, 2.75) is 31.4 Å². The van der Waals surface area contributed by atoms with E-state index in [1.54, 1.807) is 0 Å². The first kappa shape index (κ1) is 11.2. The minimum absolute atomic E-state index is 0.0744. The molecule has 1 N–H and O–H groups in total. The largest absolute Gasteiger partial charge is 0.396 e. The molecule has 2 saturated heterocycles. The van der Waals surface area contributed by atoms with Crippen molar-refractivity contribution in [3.8, 4) is 0 Å². The van der Waals surface area contributed by atoms with Crippen LogP contribution < -0.4 is 0 Å². The Bertz CT molecular complexity index is 216. The second-order valence-electron chi connectivity index (χ2n) is 4.46. The number of halogens is 2. The predicted octanol–water partition coefficient (Wildman–Crippen LogP) is 0.392. The number of rotatable bonds is 5. The molecule has 3 nitrogen and oxygen atoms in total. The Labute approximate surface area is 88.7 Å². The summed E-state index contributed by atoms with van der Waals surface area (Å²) in [6, 6.07) is 0.767. The highest BCUT2D eigenvalue weighted by Crippen LogP contribution is 2.30. The zero-order chi connectivity index (χ0) is 10.8. The normalized spacial score (nSPS) is 32.0. The van der Waals surface area contributed by atoms with Crippen molar-refractivity contribution in [2.24, 2.45) is 0 Å². The molecule has 2 aliphatic heterocycles. The van der Waals surface area contributed by atoms with E-state index in [0.717, 1.165) is 32.5 Å². The van der Waals surface area contributed by atoms with E-state index < -0.39 is 6.43 Å². The van der Waals surface area contributed by atoms with Crippen LogP contribution in [0.3, 0.4) is 0 Å². The Kier molecular flexibility index (Phi) is 3.53. The number of aliphatic hydroxyl groups is 1. The maximum Gasteiger partial charge on any atom is 0.251 e. The fourth-order valence-corrected chi connectivity index (χ4v) is 2.78. The van der Waals surface area contributed by atoms with Crippen molar-refractivity contribution in [1.82, 2.24) is 9.80 Å². The van der Waals surface area contributed by atoms with Gasteiger partial charge in [-0.3, -0.25) is 9.80 Å². The van der Waals surface area contributed by atoms with Gasteiger partial charge in [-0.15, -0.1) is 0 Å². The molecule has 88 valence electrons. The average molecular weight is 220 g/mol. The maximum atomic E-state index is 12.2. The third-order valence-electron chi connectivity index (χ3n) is 3.44. The van der Waals surface area contributed by atoms with Crippen molar-refractivity contribution in [3.05, 3.63) is 0 Å². The van der Waals surface area contributed by atoms with Crippen LogP contribution in [0.1, 0.15) is 12.8 Å². The molecule has 5 heteroatoms. The average Bonchev–Trinajstić information content (AvgIpc) is 2.72. The maximum absolute atomic E-state index is 12.2. The summed E-state index contributed by atoms with van der Waals surface area (Å²) in [6.45, 7) is 2.72. The Morgan fingerprint density at radius 2 is 1.87 bits per heavy atom. The minimum Gasteiger partial charge on any atom is -0.396 e. The molecule has 0 aliphatic carbocycles. The van der Waals surface area contributed by atoms with Gasteiger partial charge >= 0.3 is 0 Å². The van der Waals surface area contributed by atoms with E-state index >= 15 is 0 Å². The molecule has 0 spiro atoms. The summed E-state index contributed by atoms with van der Waals surface area (Å²) in [4.78, 5) is 4.23. The summed E-state index contributed by atoms with van der Waals surface area (Å²) in [5.41, 5.74) is 0. The molecule has 0 unspecified atom stereocenters. The van der Waals surface area contributed by atoms with Gasteiger partial charge in [0.1, 0.15) is 0 Å². The molecule has 0 aromatic carbocycles. The predicted molar refractivity (Wildman–Crippen MR) is 53.0 cm³/mol. The first-order valence-electron chi connectivity index (χ1n) is 5.58. The van der Waals surface area contributed by atoms with Gasteiger partial charge in [-0.05, 0) is 12.8 Å². The standard InChI is InChI=1S/C10H18F2N2O/c11-10(12)7-14-6-8-4-9(14)5-13(8)2-1-3-15/h8-10,15H,1-7H2/t8-,9-/m0/s1. The number of piperazine rings is 1. The molecular formula is C10H18F2N2O. The van der Waals surface area contributed by atoms with Crippen molar-refractivity contribution >= 4 is 0 Å². The van der Waals surface area contributed by atoms with Gasteiger partial charge in [-0.1, -0.05) is 0 Å². The summed E-state index contributed by atoms with van der Waals surface area (Å²) in [5.74, 6) is 0. The smallest absolute Gasteiger partial charge is 0.251 e. The highest BCUT2D eigenvalue weighted by molar-refractivity contribution is 4.99. The van der Waals surface area contributed by atoms with Crippen molar-refractivity contribution in [1.29, 1.82) is 0 Å². The number of hydrogen-bond donors (Lipinski definition) is 1. The molecule has 0 aromatic rings. The molecule has 0 aromatic heterocycles. The number of aliphatic hydroxyl groups excluding tert-OH is 1. The second-order valence-corrected chi connectivity index (χ2v) is 4.46. The Hall–Kier alpha value is -0.260. The molecule has 2 rings (SSSR count). The van der Waals surface area contributed by atoms with Gasteiger partial charge in [0.25, 0.3) is 6.43 Å². The fourth-order valence-electron chi connectivity index (χ4n) is 2.78. The van der Waals surface area contributed by atoms with Gasteiger partial charge < -0.3 is 5.11 Å². The zero-order valence-electron chi connectivity index (χ0n) is 8.78. The van der Waals surface area contributed by atoms with Crippen LogP contribution >= 0.6 is 0 Å². The van der Waals surface area contributed by atoms with Crippen molar-refractivity contribution in [2.75, 3.05) is 32.8 Å². The highest BCUT2D eigenvalue weighted by Gasteiger charge is 2.43. The van der Waals surface area contributed by atoms with Crippen LogP contribution in [0.4, 0.5) is 8.78 Å². The van der Waals surface area contributed by atoms with Crippen LogP contribution in [0.5, 0.6) is 0 Å². The van der Waals surface area contributed by atoms with Crippen molar-refractivity contribution in [3.63, 3.8) is 0 Å². The lowest BCUT2D eigenvalue weighted by atomic mass is 10.2. The van der Waals surface area contributed by atoms with Gasteiger partial charge in [-0.2, -0.15) is 0 Å². The molecule has 2 bridgehead atoms. The van der Waals surface area contributed by atoms with Gasteiger partial charge in [0, 0.05) is 38.3 Å². The summed E-state index contributed by atoms with van der Waals surface area (Å²) in [6.07, 6.45) is -0.397. The summed E-state index contributed by atoms with van der Waals surface area (Å²) in [5, 5.41) is 8.73. The quantitative estimate of drug-likeness (QED) is 0.726. The van der Waals surface area contributed by atoms with Crippen LogP contribution in [-0.2, 0) is 0 Å². The van der Waals surface area contributed by atoms with Gasteiger partial charge in [0.05, 0.1) is 6.54 Å². The molecular weight excluding hydrogens is 202 g/mol. The van der Waals surface area contributed by atoms with E-state index in [4.69, 9.17) is 5.11 Å². The third-order valence-corrected chi connectivity index (χ3v) is 3.44. The fraction of sp³-hybridized carbons (Fsp3) is 1.00. The van der Waals surface area contributed by atoms with Gasteiger partial charge in [-0.25, -0.2) is 8.78 Å². The number of fused-ring (bicyclic) bond motifs is 2. The second kappa shape index (κ2) is 4.72. The summed E-state index contributed by atoms with van der Waals surface area (Å²) >= 11 is 0. The minimum atomic E-state index is -2.21. The van der Waals surface area contributed by atoms with E-state index in [9.17, 15) is 8.78 Å². The molecule has 2 heterocycles. The molecule has 2 fully saturated rings. The Balaban J connectivity index is 1.78. The molecule has 0 saturated carbocycles. The van der Waals surface area contributed by atoms with Crippen LogP contribution in [0, 0.1) is 0 Å². The van der Waals surface area contributed by atoms with Crippen LogP contribution in [-0.4, -0.2) is 66.2 Å². The number of nitrogens with zero attached hydrogens (tertiary/aromatic N) is 2. The number of alkyl halides is 2. The zero-order valence-corrected chi connectivity index (χ0v) is 8.78. The topological polar surface area (TPSA) is 26.7 Å². The van der Waals surface area contributed by atoms with E-state index in [1.807, 2.05) is 4.90 Å². The summed E-state index contributed by atoms with van der Waals surface area (Å²) in [7, 11) is 0. The van der Waals surface area contributed by atoms with Gasteiger partial charge in [0.2, 0.25) is 0 Å². The Morgan fingerprint density at radius 1 is 1.20 bits per heavy atom. The molecule has 0 radical (unpaired) electrons. The van der Waals surface area contributed by atoms with Gasteiger partial charge in [0.15, 0.2) is 0 Å². The number of likely N-dealkylation sites (tertiary alicyclic amines) is 2. The molecule has 0 amide bonds. The lowest BCUT2D eigenvalue weighted by Crippen LogP contribution is -2.47. The lowest BCUT2D eigenvalue weighted by Gasteiger charge is -2.33. The van der Waals surface area contributed by atoms with Crippen molar-refractivity contribution < 1.29 is 13.9 Å². The Morgan fingerprint density at radius 3 is 2.40 bits per heavy atom. The van der Waals surface area contributed by atoms with Crippen LogP contribution in [0.25, 0.3) is 0 Å². The van der Waals surface area contributed by atoms with E-state index in [1.165, 1.54) is 0 Å². The third kappa shape index (κ3) is 2.46. The van der Waals surface area contributed by atoms with Crippen LogP contribution in [0.2, 0.25) is 0 Å². The molecule has 2 aliphatic rings. The SMILES string of the molecule is OCCCN1C[C@@H]2C[C@H]1CN2CC(F)F. The highest BCUT2D eigenvalue weighted by atomic mass is 19.3. The molecule has 15 heavy (non-hydrogen) atoms. The lowest BCUT2D eigenvalue weighted by molar-refractivity contribution is 0.0519. The first-order chi connectivity index (χ1) is 7.20. The van der Waals surface area contributed by atoms with Crippen LogP contribution in [0.15, 0.2) is 0 Å². The monoisotopic (exact) mass is 220 g/mol. The van der Waals surface area contributed by atoms with E-state index in [-0.39, 0.29) is 13.2 Å². The first-order valence-corrected chi connectivity index (χ1v) is 5.58.